The molecular weight excluding hydrogens is 330 g/mol. The minimum atomic E-state index is -0.148. The van der Waals surface area contributed by atoms with E-state index in [9.17, 15) is 9.59 Å². The molecule has 134 valence electrons. The van der Waals surface area contributed by atoms with Crippen LogP contribution in [0.15, 0.2) is 47.8 Å². The highest BCUT2D eigenvalue weighted by Gasteiger charge is 2.25. The number of carbonyl (C=O) groups excluding carboxylic acids is 1. The van der Waals surface area contributed by atoms with Crippen molar-refractivity contribution in [2.45, 2.75) is 31.7 Å². The van der Waals surface area contributed by atoms with E-state index in [2.05, 4.69) is 15.0 Å². The van der Waals surface area contributed by atoms with E-state index in [0.29, 0.717) is 19.5 Å². The quantitative estimate of drug-likeness (QED) is 0.778. The summed E-state index contributed by atoms with van der Waals surface area (Å²) in [6.45, 7) is 2.01. The van der Waals surface area contributed by atoms with Crippen molar-refractivity contribution in [1.82, 2.24) is 24.4 Å². The van der Waals surface area contributed by atoms with Gasteiger partial charge in [-0.05, 0) is 25.0 Å². The van der Waals surface area contributed by atoms with Crippen molar-refractivity contribution in [3.05, 3.63) is 59.0 Å². The smallest absolute Gasteiger partial charge is 0.250 e. The minimum Gasteiger partial charge on any atom is -0.342 e. The number of hydrogen-bond donors (Lipinski definition) is 1. The van der Waals surface area contributed by atoms with Crippen molar-refractivity contribution in [2.24, 2.45) is 0 Å². The third-order valence-electron chi connectivity index (χ3n) is 4.99. The van der Waals surface area contributed by atoms with E-state index in [1.54, 1.807) is 6.33 Å². The standard InChI is InChI=1S/C19H21N5O2/c25-18-10-16(20-12-21-18)14-4-3-8-23(11-14)19(26)7-9-24-13-22-15-5-1-2-6-17(15)24/h1-2,5-6,10,12-14H,3-4,7-9,11H2,(H,20,21,25). The van der Waals surface area contributed by atoms with E-state index in [-0.39, 0.29) is 17.4 Å². The van der Waals surface area contributed by atoms with Crippen LogP contribution in [0.2, 0.25) is 0 Å². The molecular formula is C19H21N5O2. The Labute approximate surface area is 150 Å². The largest absolute Gasteiger partial charge is 0.342 e. The topological polar surface area (TPSA) is 83.9 Å². The lowest BCUT2D eigenvalue weighted by Gasteiger charge is -2.32. The summed E-state index contributed by atoms with van der Waals surface area (Å²) in [4.78, 5) is 37.3. The summed E-state index contributed by atoms with van der Waals surface area (Å²) in [7, 11) is 0. The summed E-state index contributed by atoms with van der Waals surface area (Å²) >= 11 is 0. The molecule has 7 heteroatoms. The molecule has 3 aromatic rings. The number of likely N-dealkylation sites (tertiary alicyclic amines) is 1. The highest BCUT2D eigenvalue weighted by Crippen LogP contribution is 2.25. The number of piperidine rings is 1. The highest BCUT2D eigenvalue weighted by molar-refractivity contribution is 5.77. The van der Waals surface area contributed by atoms with E-state index in [1.165, 1.54) is 12.4 Å². The van der Waals surface area contributed by atoms with Crippen LogP contribution >= 0.6 is 0 Å². The van der Waals surface area contributed by atoms with E-state index in [0.717, 1.165) is 36.1 Å². The minimum absolute atomic E-state index is 0.129. The summed E-state index contributed by atoms with van der Waals surface area (Å²) in [5.74, 6) is 0.265. The van der Waals surface area contributed by atoms with Gasteiger partial charge >= 0.3 is 0 Å². The van der Waals surface area contributed by atoms with Crippen LogP contribution in [-0.4, -0.2) is 43.4 Å². The zero-order valence-corrected chi connectivity index (χ0v) is 14.5. The second kappa shape index (κ2) is 7.11. The fourth-order valence-corrected chi connectivity index (χ4v) is 3.61. The number of benzene rings is 1. The zero-order valence-electron chi connectivity index (χ0n) is 14.5. The van der Waals surface area contributed by atoms with Gasteiger partial charge in [0.05, 0.1) is 29.4 Å². The Morgan fingerprint density at radius 3 is 3.04 bits per heavy atom. The number of nitrogens with one attached hydrogen (secondary N) is 1. The van der Waals surface area contributed by atoms with E-state index < -0.39 is 0 Å². The molecule has 1 fully saturated rings. The van der Waals surface area contributed by atoms with Gasteiger partial charge in [0.15, 0.2) is 0 Å². The van der Waals surface area contributed by atoms with Gasteiger partial charge in [0.25, 0.3) is 5.56 Å². The lowest BCUT2D eigenvalue weighted by Crippen LogP contribution is -2.39. The number of nitrogens with zero attached hydrogens (tertiary/aromatic N) is 4. The first-order valence-electron chi connectivity index (χ1n) is 8.93. The van der Waals surface area contributed by atoms with Gasteiger partial charge in [-0.25, -0.2) is 9.97 Å². The highest BCUT2D eigenvalue weighted by atomic mass is 16.2. The van der Waals surface area contributed by atoms with Gasteiger partial charge in [-0.1, -0.05) is 12.1 Å². The van der Waals surface area contributed by atoms with Gasteiger partial charge in [0, 0.05) is 38.0 Å². The summed E-state index contributed by atoms with van der Waals surface area (Å²) < 4.78 is 2.02. The number of hydrogen-bond acceptors (Lipinski definition) is 4. The maximum atomic E-state index is 12.7. The van der Waals surface area contributed by atoms with Gasteiger partial charge in [0.1, 0.15) is 0 Å². The molecule has 2 aromatic heterocycles. The Hall–Kier alpha value is -2.96. The van der Waals surface area contributed by atoms with Gasteiger partial charge in [-0.3, -0.25) is 9.59 Å². The van der Waals surface area contributed by atoms with E-state index in [4.69, 9.17) is 0 Å². The molecule has 1 saturated heterocycles. The third kappa shape index (κ3) is 3.37. The molecule has 0 spiro atoms. The molecule has 0 saturated carbocycles. The Morgan fingerprint density at radius 2 is 2.15 bits per heavy atom. The van der Waals surface area contributed by atoms with E-state index in [1.807, 2.05) is 33.7 Å². The first-order valence-corrected chi connectivity index (χ1v) is 8.93. The maximum absolute atomic E-state index is 12.7. The number of imidazole rings is 1. The second-order valence-corrected chi connectivity index (χ2v) is 6.69. The number of fused-ring (bicyclic) bond motifs is 1. The van der Waals surface area contributed by atoms with Crippen molar-refractivity contribution in [3.63, 3.8) is 0 Å². The third-order valence-corrected chi connectivity index (χ3v) is 4.99. The predicted octanol–water partition coefficient (Wildman–Crippen LogP) is 1.92. The van der Waals surface area contributed by atoms with Crippen LogP contribution in [0.4, 0.5) is 0 Å². The Balaban J connectivity index is 1.40. The fraction of sp³-hybridized carbons (Fsp3) is 0.368. The van der Waals surface area contributed by atoms with Crippen LogP contribution in [0.1, 0.15) is 30.9 Å². The molecule has 1 amide bonds. The number of carbonyl (C=O) groups is 1. The van der Waals surface area contributed by atoms with Crippen LogP contribution in [0.25, 0.3) is 11.0 Å². The predicted molar refractivity (Wildman–Crippen MR) is 97.8 cm³/mol. The zero-order chi connectivity index (χ0) is 17.9. The van der Waals surface area contributed by atoms with E-state index >= 15 is 0 Å². The van der Waals surface area contributed by atoms with Gasteiger partial charge in [-0.15, -0.1) is 0 Å². The van der Waals surface area contributed by atoms with Crippen molar-refractivity contribution in [2.75, 3.05) is 13.1 Å². The molecule has 1 unspecified atom stereocenters. The van der Waals surface area contributed by atoms with Crippen LogP contribution in [0.5, 0.6) is 0 Å². The average molecular weight is 351 g/mol. The van der Waals surface area contributed by atoms with Crippen LogP contribution in [-0.2, 0) is 11.3 Å². The Morgan fingerprint density at radius 1 is 1.27 bits per heavy atom. The molecule has 1 aliphatic rings. The number of amides is 1. The summed E-state index contributed by atoms with van der Waals surface area (Å²) in [5.41, 5.74) is 2.61. The van der Waals surface area contributed by atoms with Crippen LogP contribution in [0.3, 0.4) is 0 Å². The molecule has 0 aliphatic carbocycles. The molecule has 3 heterocycles. The SMILES string of the molecule is O=C(CCn1cnc2ccccc21)N1CCCC(c2cc(=O)[nH]cn2)C1. The molecule has 1 N–H and O–H groups in total. The first-order chi connectivity index (χ1) is 12.7. The lowest BCUT2D eigenvalue weighted by atomic mass is 9.94. The first kappa shape index (κ1) is 16.5. The van der Waals surface area contributed by atoms with Gasteiger partial charge in [0.2, 0.25) is 5.91 Å². The average Bonchev–Trinajstić information content (AvgIpc) is 3.09. The normalized spacial score (nSPS) is 17.5. The molecule has 1 aliphatic heterocycles. The van der Waals surface area contributed by atoms with Crippen molar-refractivity contribution < 1.29 is 4.79 Å². The molecule has 0 bridgehead atoms. The molecule has 1 aromatic carbocycles. The van der Waals surface area contributed by atoms with Crippen molar-refractivity contribution >= 4 is 16.9 Å². The monoisotopic (exact) mass is 351 g/mol. The number of rotatable bonds is 4. The van der Waals surface area contributed by atoms with Crippen molar-refractivity contribution in [3.8, 4) is 0 Å². The number of aromatic amines is 1. The molecule has 1 atom stereocenters. The lowest BCUT2D eigenvalue weighted by molar-refractivity contribution is -0.132. The summed E-state index contributed by atoms with van der Waals surface area (Å²) in [6, 6.07) is 9.46. The van der Waals surface area contributed by atoms with Gasteiger partial charge < -0.3 is 14.5 Å². The molecule has 26 heavy (non-hydrogen) atoms. The van der Waals surface area contributed by atoms with Crippen LogP contribution < -0.4 is 5.56 Å². The summed E-state index contributed by atoms with van der Waals surface area (Å²) in [6.07, 6.45) is 5.54. The molecule has 0 radical (unpaired) electrons. The number of aromatic nitrogens is 4. The Kier molecular flexibility index (Phi) is 4.51. The molecule has 7 nitrogen and oxygen atoms in total. The second-order valence-electron chi connectivity index (χ2n) is 6.69. The number of H-pyrrole nitrogens is 1. The summed E-state index contributed by atoms with van der Waals surface area (Å²) in [5, 5.41) is 0. The molecule has 4 rings (SSSR count). The fourth-order valence-electron chi connectivity index (χ4n) is 3.61. The number of para-hydroxylation sites is 2. The van der Waals surface area contributed by atoms with Crippen LogP contribution in [0, 0.1) is 0 Å². The van der Waals surface area contributed by atoms with Crippen molar-refractivity contribution in [1.29, 1.82) is 0 Å². The maximum Gasteiger partial charge on any atom is 0.250 e. The Bertz CT molecular complexity index is 977. The van der Waals surface area contributed by atoms with Gasteiger partial charge in [-0.2, -0.15) is 0 Å². The number of aryl methyl sites for hydroxylation is 1.